The Kier molecular flexibility index (Phi) is 6.89. The molecule has 1 amide bonds. The number of halogens is 2. The Morgan fingerprint density at radius 2 is 1.83 bits per heavy atom. The molecule has 156 valence electrons. The first-order valence-electron chi connectivity index (χ1n) is 9.51. The summed E-state index contributed by atoms with van der Waals surface area (Å²) in [5.74, 6) is 0.179. The van der Waals surface area contributed by atoms with Crippen molar-refractivity contribution < 1.29 is 13.2 Å². The summed E-state index contributed by atoms with van der Waals surface area (Å²) < 4.78 is 27.5. The lowest BCUT2D eigenvalue weighted by molar-refractivity contribution is 0.0950. The summed E-state index contributed by atoms with van der Waals surface area (Å²) in [5.41, 5.74) is 1.77. The monoisotopic (exact) mass is 454 g/mol. The largest absolute Gasteiger partial charge is 0.348 e. The summed E-state index contributed by atoms with van der Waals surface area (Å²) in [6, 6.07) is 9.76. The number of nitrogens with zero attached hydrogens (tertiary/aromatic N) is 1. The van der Waals surface area contributed by atoms with Crippen LogP contribution in [0.3, 0.4) is 0 Å². The molecule has 1 N–H and O–H groups in total. The molecule has 29 heavy (non-hydrogen) atoms. The zero-order chi connectivity index (χ0) is 21.2. The van der Waals surface area contributed by atoms with Crippen molar-refractivity contribution in [1.82, 2.24) is 9.62 Å². The SMILES string of the molecule is Cc1ccc(S(=O)(=O)N2CCC(C)CC2)cc1C(=O)NCc1ccc(Cl)cc1Cl. The first kappa shape index (κ1) is 22.1. The molecule has 0 aliphatic carbocycles. The molecule has 0 unspecified atom stereocenters. The highest BCUT2D eigenvalue weighted by Gasteiger charge is 2.28. The van der Waals surface area contributed by atoms with E-state index < -0.39 is 10.0 Å². The maximum atomic E-state index is 13.0. The Balaban J connectivity index is 1.78. The van der Waals surface area contributed by atoms with Crippen LogP contribution in [-0.4, -0.2) is 31.7 Å². The zero-order valence-electron chi connectivity index (χ0n) is 16.4. The van der Waals surface area contributed by atoms with E-state index in [0.29, 0.717) is 40.2 Å². The minimum absolute atomic E-state index is 0.146. The van der Waals surface area contributed by atoms with Crippen molar-refractivity contribution in [2.24, 2.45) is 5.92 Å². The highest BCUT2D eigenvalue weighted by molar-refractivity contribution is 7.89. The molecule has 2 aromatic carbocycles. The number of aryl methyl sites for hydroxylation is 1. The van der Waals surface area contributed by atoms with E-state index in [-0.39, 0.29) is 17.3 Å². The molecule has 8 heteroatoms. The number of nitrogens with one attached hydrogen (secondary N) is 1. The summed E-state index contributed by atoms with van der Waals surface area (Å²) in [7, 11) is -3.62. The van der Waals surface area contributed by atoms with Crippen LogP contribution in [0, 0.1) is 12.8 Å². The molecule has 0 atom stereocenters. The fourth-order valence-electron chi connectivity index (χ4n) is 3.32. The Morgan fingerprint density at radius 1 is 1.14 bits per heavy atom. The zero-order valence-corrected chi connectivity index (χ0v) is 18.7. The van der Waals surface area contributed by atoms with Gasteiger partial charge in [-0.15, -0.1) is 0 Å². The van der Waals surface area contributed by atoms with E-state index in [1.807, 2.05) is 0 Å². The van der Waals surface area contributed by atoms with Crippen LogP contribution in [0.25, 0.3) is 0 Å². The van der Waals surface area contributed by atoms with Crippen LogP contribution in [0.5, 0.6) is 0 Å². The number of hydrogen-bond donors (Lipinski definition) is 1. The lowest BCUT2D eigenvalue weighted by Crippen LogP contribution is -2.38. The molecule has 1 saturated heterocycles. The van der Waals surface area contributed by atoms with Gasteiger partial charge in [-0.2, -0.15) is 4.31 Å². The first-order valence-corrected chi connectivity index (χ1v) is 11.7. The van der Waals surface area contributed by atoms with Crippen molar-refractivity contribution in [3.8, 4) is 0 Å². The topological polar surface area (TPSA) is 66.5 Å². The Hall–Kier alpha value is -1.60. The van der Waals surface area contributed by atoms with E-state index >= 15 is 0 Å². The fourth-order valence-corrected chi connectivity index (χ4v) is 5.29. The van der Waals surface area contributed by atoms with Crippen molar-refractivity contribution in [1.29, 1.82) is 0 Å². The van der Waals surface area contributed by atoms with E-state index in [1.165, 1.54) is 10.4 Å². The van der Waals surface area contributed by atoms with Crippen LogP contribution >= 0.6 is 23.2 Å². The second-order valence-corrected chi connectivity index (χ2v) is 10.3. The predicted octanol–water partition coefficient (Wildman–Crippen LogP) is 4.65. The van der Waals surface area contributed by atoms with E-state index in [0.717, 1.165) is 18.4 Å². The van der Waals surface area contributed by atoms with Gasteiger partial charge in [0.05, 0.1) is 4.90 Å². The number of carbonyl (C=O) groups excluding carboxylic acids is 1. The van der Waals surface area contributed by atoms with Crippen molar-refractivity contribution in [2.45, 2.75) is 38.1 Å². The van der Waals surface area contributed by atoms with Gasteiger partial charge in [-0.3, -0.25) is 4.79 Å². The van der Waals surface area contributed by atoms with Crippen molar-refractivity contribution in [3.63, 3.8) is 0 Å². The molecular weight excluding hydrogens is 431 g/mol. The van der Waals surface area contributed by atoms with E-state index in [9.17, 15) is 13.2 Å². The van der Waals surface area contributed by atoms with Gasteiger partial charge in [0.2, 0.25) is 10.0 Å². The second-order valence-electron chi connectivity index (χ2n) is 7.48. The molecule has 5 nitrogen and oxygen atoms in total. The van der Waals surface area contributed by atoms with Crippen molar-refractivity contribution >= 4 is 39.1 Å². The van der Waals surface area contributed by atoms with Gasteiger partial charge in [0.1, 0.15) is 0 Å². The maximum Gasteiger partial charge on any atom is 0.251 e. The van der Waals surface area contributed by atoms with Crippen LogP contribution in [0.2, 0.25) is 10.0 Å². The summed E-state index contributed by atoms with van der Waals surface area (Å²) >= 11 is 12.0. The summed E-state index contributed by atoms with van der Waals surface area (Å²) in [4.78, 5) is 12.9. The van der Waals surface area contributed by atoms with Crippen LogP contribution in [0.15, 0.2) is 41.3 Å². The maximum absolute atomic E-state index is 13.0. The van der Waals surface area contributed by atoms with Gasteiger partial charge < -0.3 is 5.32 Å². The minimum Gasteiger partial charge on any atom is -0.348 e. The molecular formula is C21H24Cl2N2O3S. The molecule has 0 saturated carbocycles. The first-order chi connectivity index (χ1) is 13.7. The molecule has 1 heterocycles. The number of piperidine rings is 1. The van der Waals surface area contributed by atoms with Gasteiger partial charge >= 0.3 is 0 Å². The Labute approximate surface area is 182 Å². The van der Waals surface area contributed by atoms with Crippen molar-refractivity contribution in [3.05, 3.63) is 63.1 Å². The number of rotatable bonds is 5. The smallest absolute Gasteiger partial charge is 0.251 e. The van der Waals surface area contributed by atoms with Gasteiger partial charge in [-0.1, -0.05) is 42.3 Å². The average Bonchev–Trinajstić information content (AvgIpc) is 2.67. The number of benzene rings is 2. The highest BCUT2D eigenvalue weighted by atomic mass is 35.5. The molecule has 3 rings (SSSR count). The predicted molar refractivity (Wildman–Crippen MR) is 116 cm³/mol. The van der Waals surface area contributed by atoms with E-state index in [4.69, 9.17) is 23.2 Å². The molecule has 0 spiro atoms. The van der Waals surface area contributed by atoms with Crippen molar-refractivity contribution in [2.75, 3.05) is 13.1 Å². The fraction of sp³-hybridized carbons (Fsp3) is 0.381. The van der Waals surface area contributed by atoms with Crippen LogP contribution in [-0.2, 0) is 16.6 Å². The van der Waals surface area contributed by atoms with Gasteiger partial charge in [-0.25, -0.2) is 8.42 Å². The third kappa shape index (κ3) is 5.12. The lowest BCUT2D eigenvalue weighted by atomic mass is 10.0. The molecule has 1 aliphatic rings. The molecule has 0 bridgehead atoms. The van der Waals surface area contributed by atoms with Gasteiger partial charge in [-0.05, 0) is 61.1 Å². The second kappa shape index (κ2) is 9.04. The third-order valence-electron chi connectivity index (χ3n) is 5.29. The van der Waals surface area contributed by atoms with E-state index in [2.05, 4.69) is 12.2 Å². The van der Waals surface area contributed by atoms with Crippen LogP contribution in [0.1, 0.15) is 41.3 Å². The number of amides is 1. The Morgan fingerprint density at radius 3 is 2.48 bits per heavy atom. The summed E-state index contributed by atoms with van der Waals surface area (Å²) in [6.45, 7) is 5.14. The number of carbonyl (C=O) groups is 1. The minimum atomic E-state index is -3.62. The van der Waals surface area contributed by atoms with Gasteiger partial charge in [0.15, 0.2) is 0 Å². The molecule has 1 fully saturated rings. The number of hydrogen-bond acceptors (Lipinski definition) is 3. The normalized spacial score (nSPS) is 16.0. The van der Waals surface area contributed by atoms with E-state index in [1.54, 1.807) is 37.3 Å². The highest BCUT2D eigenvalue weighted by Crippen LogP contribution is 2.25. The van der Waals surface area contributed by atoms with Gasteiger partial charge in [0.25, 0.3) is 5.91 Å². The quantitative estimate of drug-likeness (QED) is 0.714. The van der Waals surface area contributed by atoms with Gasteiger partial charge in [0, 0.05) is 35.2 Å². The third-order valence-corrected chi connectivity index (χ3v) is 7.77. The molecule has 0 aromatic heterocycles. The molecule has 2 aromatic rings. The van der Waals surface area contributed by atoms with Crippen LogP contribution < -0.4 is 5.32 Å². The summed E-state index contributed by atoms with van der Waals surface area (Å²) in [6.07, 6.45) is 1.70. The molecule has 1 aliphatic heterocycles. The Bertz CT molecular complexity index is 1020. The average molecular weight is 455 g/mol. The lowest BCUT2D eigenvalue weighted by Gasteiger charge is -2.29. The summed E-state index contributed by atoms with van der Waals surface area (Å²) in [5, 5.41) is 3.79. The van der Waals surface area contributed by atoms with Crippen LogP contribution in [0.4, 0.5) is 0 Å². The molecule has 0 radical (unpaired) electrons. The standard InChI is InChI=1S/C21H24Cl2N2O3S/c1-14-7-9-25(10-8-14)29(27,28)18-6-3-15(2)19(12-18)21(26)24-13-16-4-5-17(22)11-20(16)23/h3-6,11-12,14H,7-10,13H2,1-2H3,(H,24,26). The number of sulfonamides is 1.